The van der Waals surface area contributed by atoms with Gasteiger partial charge in [0, 0.05) is 29.1 Å². The molecule has 0 aliphatic rings. The highest BCUT2D eigenvalue weighted by atomic mass is 16.6. The van der Waals surface area contributed by atoms with Crippen molar-refractivity contribution in [2.75, 3.05) is 0 Å². The van der Waals surface area contributed by atoms with E-state index in [2.05, 4.69) is 0 Å². The van der Waals surface area contributed by atoms with Gasteiger partial charge in [-0.25, -0.2) is 0 Å². The first kappa shape index (κ1) is 26.9. The van der Waals surface area contributed by atoms with Crippen molar-refractivity contribution in [2.45, 2.75) is 95.4 Å². The van der Waals surface area contributed by atoms with Gasteiger partial charge in [-0.05, 0) is 32.1 Å². The average Bonchev–Trinajstić information content (AvgIpc) is 2.66. The number of unbranched alkanes of at least 4 members (excludes halogenated alkanes) is 4. The summed E-state index contributed by atoms with van der Waals surface area (Å²) in [6.45, 7) is 1.99. The molecule has 0 radical (unpaired) electrons. The fourth-order valence-electron chi connectivity index (χ4n) is 2.88. The first-order valence-electron chi connectivity index (χ1n) is 10.2. The van der Waals surface area contributed by atoms with Gasteiger partial charge >= 0.3 is 0 Å². The molecule has 9 nitrogen and oxygen atoms in total. The molecule has 0 saturated heterocycles. The molecule has 0 spiro atoms. The second kappa shape index (κ2) is 16.8. The van der Waals surface area contributed by atoms with E-state index >= 15 is 0 Å². The van der Waals surface area contributed by atoms with Crippen molar-refractivity contribution in [3.63, 3.8) is 0 Å². The smallest absolute Gasteiger partial charge is 0.242 e. The lowest BCUT2D eigenvalue weighted by molar-refractivity contribution is -0.535. The van der Waals surface area contributed by atoms with E-state index in [1.54, 1.807) is 12.2 Å². The molecule has 4 unspecified atom stereocenters. The van der Waals surface area contributed by atoms with Crippen molar-refractivity contribution in [3.05, 3.63) is 44.5 Å². The van der Waals surface area contributed by atoms with Crippen LogP contribution in [0.3, 0.4) is 0 Å². The molecular formula is C20H34N2O7. The van der Waals surface area contributed by atoms with Gasteiger partial charge in [-0.2, -0.15) is 0 Å². The SMILES string of the molecule is CCCCCC(C(O)C/C=C\CC(C(O)C/C=C\CCCC=O)[N+](=O)[O-])[N+](=O)[O-]. The van der Waals surface area contributed by atoms with E-state index in [1.807, 2.05) is 6.92 Å². The van der Waals surface area contributed by atoms with Crippen LogP contribution >= 0.6 is 0 Å². The van der Waals surface area contributed by atoms with Crippen molar-refractivity contribution in [3.8, 4) is 0 Å². The van der Waals surface area contributed by atoms with Crippen molar-refractivity contribution < 1.29 is 24.9 Å². The second-order valence-corrected chi connectivity index (χ2v) is 7.08. The van der Waals surface area contributed by atoms with Crippen LogP contribution in [0.4, 0.5) is 0 Å². The first-order chi connectivity index (χ1) is 13.8. The number of aliphatic hydroxyl groups is 2. The quantitative estimate of drug-likeness (QED) is 0.115. The van der Waals surface area contributed by atoms with Crippen LogP contribution in [-0.4, -0.2) is 50.6 Å². The summed E-state index contributed by atoms with van der Waals surface area (Å²) >= 11 is 0. The summed E-state index contributed by atoms with van der Waals surface area (Å²) in [5.41, 5.74) is 0. The van der Waals surface area contributed by atoms with Crippen LogP contribution in [0.2, 0.25) is 0 Å². The highest BCUT2D eigenvalue weighted by molar-refractivity contribution is 5.49. The summed E-state index contributed by atoms with van der Waals surface area (Å²) < 4.78 is 0. The third-order valence-corrected chi connectivity index (χ3v) is 4.69. The van der Waals surface area contributed by atoms with Crippen molar-refractivity contribution in [1.82, 2.24) is 0 Å². The molecule has 0 aromatic rings. The van der Waals surface area contributed by atoms with Gasteiger partial charge in [0.15, 0.2) is 0 Å². The standard InChI is InChI=1S/C20H34N2O7/c1-2-3-7-12-17(21(26)27)20(25)15-10-9-13-18(22(28)29)19(24)14-8-5-4-6-11-16-23/h5,8-10,16-20,24-25H,2-4,6-7,11-15H2,1H3/b8-5-,10-9-. The molecule has 0 aliphatic carbocycles. The second-order valence-electron chi connectivity index (χ2n) is 7.08. The lowest BCUT2D eigenvalue weighted by Gasteiger charge is -2.15. The highest BCUT2D eigenvalue weighted by Crippen LogP contribution is 2.14. The zero-order chi connectivity index (χ0) is 22.1. The predicted octanol–water partition coefficient (Wildman–Crippen LogP) is 3.23. The minimum Gasteiger partial charge on any atom is -0.386 e. The van der Waals surface area contributed by atoms with Crippen LogP contribution in [0.15, 0.2) is 24.3 Å². The number of nitrogens with zero attached hydrogens (tertiary/aromatic N) is 2. The number of carbonyl (C=O) groups is 1. The van der Waals surface area contributed by atoms with Gasteiger partial charge in [0.2, 0.25) is 12.1 Å². The van der Waals surface area contributed by atoms with Crippen LogP contribution in [0, 0.1) is 20.2 Å². The van der Waals surface area contributed by atoms with Crippen molar-refractivity contribution >= 4 is 6.29 Å². The van der Waals surface area contributed by atoms with E-state index in [-0.39, 0.29) is 19.3 Å². The first-order valence-corrected chi connectivity index (χ1v) is 10.2. The number of hydrogen-bond donors (Lipinski definition) is 2. The maximum Gasteiger partial charge on any atom is 0.242 e. The third kappa shape index (κ3) is 12.8. The molecule has 0 bridgehead atoms. The Labute approximate surface area is 171 Å². The largest absolute Gasteiger partial charge is 0.386 e. The zero-order valence-electron chi connectivity index (χ0n) is 17.1. The van der Waals surface area contributed by atoms with Gasteiger partial charge in [-0.1, -0.05) is 44.1 Å². The Kier molecular flexibility index (Phi) is 15.6. The zero-order valence-corrected chi connectivity index (χ0v) is 17.1. The summed E-state index contributed by atoms with van der Waals surface area (Å²) in [6.07, 6.45) is 9.66. The van der Waals surface area contributed by atoms with E-state index < -0.39 is 34.1 Å². The molecule has 0 fully saturated rings. The lowest BCUT2D eigenvalue weighted by Crippen LogP contribution is -2.33. The van der Waals surface area contributed by atoms with E-state index in [4.69, 9.17) is 0 Å². The fourth-order valence-corrected chi connectivity index (χ4v) is 2.88. The maximum absolute atomic E-state index is 11.2. The van der Waals surface area contributed by atoms with E-state index in [0.29, 0.717) is 32.1 Å². The Bertz CT molecular complexity index is 537. The van der Waals surface area contributed by atoms with E-state index in [1.165, 1.54) is 12.2 Å². The van der Waals surface area contributed by atoms with Crippen LogP contribution < -0.4 is 0 Å². The van der Waals surface area contributed by atoms with Crippen LogP contribution in [0.1, 0.15) is 71.1 Å². The minimum atomic E-state index is -1.20. The molecular weight excluding hydrogens is 380 g/mol. The van der Waals surface area contributed by atoms with Crippen LogP contribution in [0.25, 0.3) is 0 Å². The Morgan fingerprint density at radius 3 is 1.90 bits per heavy atom. The summed E-state index contributed by atoms with van der Waals surface area (Å²) in [6, 6.07) is -2.24. The minimum absolute atomic E-state index is 0.0289. The summed E-state index contributed by atoms with van der Waals surface area (Å²) in [5, 5.41) is 42.4. The van der Waals surface area contributed by atoms with Gasteiger partial charge in [0.1, 0.15) is 18.5 Å². The Hall–Kier alpha value is -2.13. The number of aliphatic hydroxyl groups excluding tert-OH is 2. The molecule has 9 heteroatoms. The van der Waals surface area contributed by atoms with Gasteiger partial charge in [-0.3, -0.25) is 20.2 Å². The number of nitro groups is 2. The number of allylic oxidation sites excluding steroid dienone is 1. The lowest BCUT2D eigenvalue weighted by atomic mass is 10.0. The molecule has 2 N–H and O–H groups in total. The molecule has 166 valence electrons. The molecule has 0 aliphatic heterocycles. The van der Waals surface area contributed by atoms with Crippen molar-refractivity contribution in [1.29, 1.82) is 0 Å². The fraction of sp³-hybridized carbons (Fsp3) is 0.750. The molecule has 29 heavy (non-hydrogen) atoms. The van der Waals surface area contributed by atoms with Gasteiger partial charge in [0.25, 0.3) is 0 Å². The Morgan fingerprint density at radius 2 is 1.34 bits per heavy atom. The normalized spacial score (nSPS) is 16.0. The van der Waals surface area contributed by atoms with E-state index in [0.717, 1.165) is 19.1 Å². The molecule has 0 heterocycles. The van der Waals surface area contributed by atoms with Gasteiger partial charge < -0.3 is 15.0 Å². The summed E-state index contributed by atoms with van der Waals surface area (Å²) in [4.78, 5) is 31.5. The molecule has 0 amide bonds. The predicted molar refractivity (Wildman–Crippen MR) is 110 cm³/mol. The number of carbonyl (C=O) groups excluding carboxylic acids is 1. The molecule has 0 saturated carbocycles. The Balaban J connectivity index is 4.51. The molecule has 0 rings (SSSR count). The summed E-state index contributed by atoms with van der Waals surface area (Å²) in [7, 11) is 0. The number of aldehydes is 1. The maximum atomic E-state index is 11.2. The van der Waals surface area contributed by atoms with Crippen LogP contribution in [-0.2, 0) is 4.79 Å². The van der Waals surface area contributed by atoms with Crippen molar-refractivity contribution in [2.24, 2.45) is 0 Å². The highest BCUT2D eigenvalue weighted by Gasteiger charge is 2.29. The van der Waals surface area contributed by atoms with Crippen LogP contribution in [0.5, 0.6) is 0 Å². The molecule has 0 aromatic carbocycles. The van der Waals surface area contributed by atoms with Gasteiger partial charge in [0.05, 0.1) is 0 Å². The third-order valence-electron chi connectivity index (χ3n) is 4.69. The number of rotatable bonds is 18. The summed E-state index contributed by atoms with van der Waals surface area (Å²) in [5.74, 6) is 0. The Morgan fingerprint density at radius 1 is 0.793 bits per heavy atom. The molecule has 4 atom stereocenters. The monoisotopic (exact) mass is 414 g/mol. The number of hydrogen-bond acceptors (Lipinski definition) is 7. The van der Waals surface area contributed by atoms with E-state index in [9.17, 15) is 35.2 Å². The molecule has 0 aromatic heterocycles. The topological polar surface area (TPSA) is 144 Å². The van der Waals surface area contributed by atoms with Gasteiger partial charge in [-0.15, -0.1) is 0 Å². The average molecular weight is 414 g/mol.